The van der Waals surface area contributed by atoms with Crippen molar-refractivity contribution in [3.05, 3.63) is 36.5 Å². The molecular formula is C16H24O3. The number of hydrogen-bond donors (Lipinski definition) is 1. The van der Waals surface area contributed by atoms with Crippen molar-refractivity contribution >= 4 is 5.97 Å². The Hall–Kier alpha value is -1.35. The fourth-order valence-electron chi connectivity index (χ4n) is 1.89. The molecule has 0 fully saturated rings. The van der Waals surface area contributed by atoms with Gasteiger partial charge in [-0.25, -0.2) is 4.79 Å². The summed E-state index contributed by atoms with van der Waals surface area (Å²) >= 11 is 0. The normalized spacial score (nSPS) is 32.2. The third-order valence-corrected chi connectivity index (χ3v) is 2.99. The summed E-state index contributed by atoms with van der Waals surface area (Å²) < 4.78 is 5.20. The molecule has 0 aromatic rings. The summed E-state index contributed by atoms with van der Waals surface area (Å²) in [7, 11) is 0. The number of rotatable bonds is 0. The van der Waals surface area contributed by atoms with Gasteiger partial charge in [0.1, 0.15) is 6.10 Å². The van der Waals surface area contributed by atoms with Crippen LogP contribution in [0.15, 0.2) is 36.5 Å². The van der Waals surface area contributed by atoms with Crippen LogP contribution in [0, 0.1) is 0 Å². The smallest absolute Gasteiger partial charge is 0.330 e. The Morgan fingerprint density at radius 3 is 2.79 bits per heavy atom. The highest BCUT2D eigenvalue weighted by Crippen LogP contribution is 2.08. The third-order valence-electron chi connectivity index (χ3n) is 2.99. The Kier molecular flexibility index (Phi) is 7.91. The van der Waals surface area contributed by atoms with Crippen molar-refractivity contribution in [3.8, 4) is 0 Å². The van der Waals surface area contributed by atoms with Gasteiger partial charge in [0.05, 0.1) is 6.10 Å². The second-order valence-electron chi connectivity index (χ2n) is 4.92. The lowest BCUT2D eigenvalue weighted by Crippen LogP contribution is -2.12. The number of allylic oxidation sites excluding steroid dienone is 3. The van der Waals surface area contributed by atoms with Crippen LogP contribution >= 0.6 is 0 Å². The van der Waals surface area contributed by atoms with Crippen LogP contribution in [0.2, 0.25) is 0 Å². The number of hydrogen-bond acceptors (Lipinski definition) is 3. The van der Waals surface area contributed by atoms with E-state index in [1.165, 1.54) is 6.08 Å². The molecule has 1 rings (SSSR count). The molecule has 1 aliphatic rings. The summed E-state index contributed by atoms with van der Waals surface area (Å²) in [6, 6.07) is 0. The zero-order valence-corrected chi connectivity index (χ0v) is 11.6. The van der Waals surface area contributed by atoms with E-state index in [1.807, 2.05) is 25.2 Å². The van der Waals surface area contributed by atoms with Gasteiger partial charge in [0.2, 0.25) is 0 Å². The lowest BCUT2D eigenvalue weighted by Gasteiger charge is -2.09. The third kappa shape index (κ3) is 8.38. The molecule has 0 aliphatic carbocycles. The topological polar surface area (TPSA) is 46.5 Å². The van der Waals surface area contributed by atoms with Crippen LogP contribution in [0.5, 0.6) is 0 Å². The molecule has 0 spiro atoms. The highest BCUT2D eigenvalue weighted by atomic mass is 16.5. The Morgan fingerprint density at radius 2 is 1.95 bits per heavy atom. The maximum absolute atomic E-state index is 11.5. The maximum atomic E-state index is 11.5. The molecule has 0 unspecified atom stereocenters. The van der Waals surface area contributed by atoms with E-state index >= 15 is 0 Å². The van der Waals surface area contributed by atoms with Crippen LogP contribution in [-0.2, 0) is 9.53 Å². The molecule has 19 heavy (non-hydrogen) atoms. The summed E-state index contributed by atoms with van der Waals surface area (Å²) in [5.74, 6) is -0.337. The number of esters is 1. The molecule has 1 aliphatic heterocycles. The lowest BCUT2D eigenvalue weighted by molar-refractivity contribution is -0.141. The van der Waals surface area contributed by atoms with Crippen molar-refractivity contribution in [1.29, 1.82) is 0 Å². The second kappa shape index (κ2) is 9.56. The van der Waals surface area contributed by atoms with Crippen LogP contribution in [0.1, 0.15) is 45.4 Å². The molecule has 0 saturated heterocycles. The van der Waals surface area contributed by atoms with E-state index in [2.05, 4.69) is 6.08 Å². The molecule has 0 radical (unpaired) electrons. The van der Waals surface area contributed by atoms with Gasteiger partial charge in [0, 0.05) is 12.5 Å². The second-order valence-corrected chi connectivity index (χ2v) is 4.92. The number of carbonyl (C=O) groups is 1. The first-order valence-electron chi connectivity index (χ1n) is 7.05. The molecular weight excluding hydrogens is 240 g/mol. The molecule has 3 heteroatoms. The predicted octanol–water partition coefficient (Wildman–Crippen LogP) is 3.30. The van der Waals surface area contributed by atoms with Gasteiger partial charge in [-0.1, -0.05) is 36.8 Å². The highest BCUT2D eigenvalue weighted by Gasteiger charge is 2.05. The maximum Gasteiger partial charge on any atom is 0.330 e. The summed E-state index contributed by atoms with van der Waals surface area (Å²) in [4.78, 5) is 11.5. The van der Waals surface area contributed by atoms with E-state index in [1.54, 1.807) is 6.08 Å². The van der Waals surface area contributed by atoms with Gasteiger partial charge in [0.25, 0.3) is 0 Å². The molecule has 0 saturated carbocycles. The van der Waals surface area contributed by atoms with Gasteiger partial charge >= 0.3 is 5.97 Å². The number of ether oxygens (including phenoxy) is 1. The van der Waals surface area contributed by atoms with E-state index in [0.717, 1.165) is 25.7 Å². The molecule has 0 aromatic carbocycles. The lowest BCUT2D eigenvalue weighted by atomic mass is 10.1. The Labute approximate surface area is 115 Å². The first kappa shape index (κ1) is 15.7. The van der Waals surface area contributed by atoms with E-state index in [0.29, 0.717) is 12.8 Å². The summed E-state index contributed by atoms with van der Waals surface area (Å²) in [6.45, 7) is 1.87. The fourth-order valence-corrected chi connectivity index (χ4v) is 1.89. The molecule has 106 valence electrons. The zero-order chi connectivity index (χ0) is 13.9. The standard InChI is InChI=1S/C16H24O3/c1-14-10-7-5-3-2-4-6-8-11-15(17)12-9-13-16(18)19-14/h2-3,5,7,9,13-15,17H,4,6,8,10-12H2,1H3/b3-2-,7-5+,13-9+/t14-,15-/m0/s1. The molecule has 0 aromatic heterocycles. The average molecular weight is 264 g/mol. The summed E-state index contributed by atoms with van der Waals surface area (Å²) in [5.41, 5.74) is 0. The van der Waals surface area contributed by atoms with Gasteiger partial charge < -0.3 is 9.84 Å². The van der Waals surface area contributed by atoms with E-state index in [4.69, 9.17) is 4.74 Å². The van der Waals surface area contributed by atoms with Gasteiger partial charge in [0.15, 0.2) is 0 Å². The summed E-state index contributed by atoms with van der Waals surface area (Å²) in [6.07, 6.45) is 15.9. The molecule has 3 nitrogen and oxygen atoms in total. The molecule has 1 heterocycles. The van der Waals surface area contributed by atoms with Gasteiger partial charge in [-0.15, -0.1) is 0 Å². The number of cyclic esters (lactones) is 1. The zero-order valence-electron chi connectivity index (χ0n) is 11.6. The van der Waals surface area contributed by atoms with Crippen molar-refractivity contribution in [2.75, 3.05) is 0 Å². The van der Waals surface area contributed by atoms with E-state index in [9.17, 15) is 9.90 Å². The van der Waals surface area contributed by atoms with Crippen LogP contribution in [-0.4, -0.2) is 23.3 Å². The minimum atomic E-state index is -0.363. The van der Waals surface area contributed by atoms with Crippen molar-refractivity contribution in [2.45, 2.75) is 57.7 Å². The van der Waals surface area contributed by atoms with Gasteiger partial charge in [-0.05, 0) is 32.6 Å². The van der Waals surface area contributed by atoms with Crippen LogP contribution in [0.4, 0.5) is 0 Å². The van der Waals surface area contributed by atoms with Gasteiger partial charge in [-0.3, -0.25) is 0 Å². The van der Waals surface area contributed by atoms with Crippen molar-refractivity contribution < 1.29 is 14.6 Å². The SMILES string of the molecule is C[C@H]1C/C=C/C=C\CCCC[C@H](O)C/C=C/C(=O)O1. The predicted molar refractivity (Wildman–Crippen MR) is 76.7 cm³/mol. The molecule has 0 amide bonds. The number of aliphatic hydroxyl groups excluding tert-OH is 1. The van der Waals surface area contributed by atoms with Gasteiger partial charge in [-0.2, -0.15) is 0 Å². The van der Waals surface area contributed by atoms with Crippen LogP contribution < -0.4 is 0 Å². The molecule has 0 bridgehead atoms. The highest BCUT2D eigenvalue weighted by molar-refractivity contribution is 5.82. The van der Waals surface area contributed by atoms with Crippen LogP contribution in [0.25, 0.3) is 0 Å². The monoisotopic (exact) mass is 264 g/mol. The van der Waals surface area contributed by atoms with Crippen molar-refractivity contribution in [3.63, 3.8) is 0 Å². The molecule has 2 atom stereocenters. The Balaban J connectivity index is 2.52. The van der Waals surface area contributed by atoms with Crippen molar-refractivity contribution in [1.82, 2.24) is 0 Å². The first-order chi connectivity index (χ1) is 9.18. The Bertz CT molecular complexity index is 342. The first-order valence-corrected chi connectivity index (χ1v) is 7.05. The largest absolute Gasteiger partial charge is 0.459 e. The number of aliphatic hydroxyl groups is 1. The molecule has 1 N–H and O–H groups in total. The minimum Gasteiger partial charge on any atom is -0.459 e. The summed E-state index contributed by atoms with van der Waals surface area (Å²) in [5, 5.41) is 9.73. The van der Waals surface area contributed by atoms with Crippen molar-refractivity contribution in [2.24, 2.45) is 0 Å². The van der Waals surface area contributed by atoms with E-state index in [-0.39, 0.29) is 18.2 Å². The quantitative estimate of drug-likeness (QED) is 0.683. The van der Waals surface area contributed by atoms with Crippen LogP contribution in [0.3, 0.4) is 0 Å². The fraction of sp³-hybridized carbons (Fsp3) is 0.562. The number of carbonyl (C=O) groups excluding carboxylic acids is 1. The minimum absolute atomic E-state index is 0.125. The average Bonchev–Trinajstić information content (AvgIpc) is 2.35. The Morgan fingerprint density at radius 1 is 1.16 bits per heavy atom. The van der Waals surface area contributed by atoms with E-state index < -0.39 is 0 Å².